The molecule has 0 radical (unpaired) electrons. The second kappa shape index (κ2) is 9.47. The van der Waals surface area contributed by atoms with E-state index >= 15 is 0 Å². The van der Waals surface area contributed by atoms with Gasteiger partial charge in [0.15, 0.2) is 11.5 Å². The van der Waals surface area contributed by atoms with Gasteiger partial charge in [0.2, 0.25) is 5.91 Å². The van der Waals surface area contributed by atoms with Crippen LogP contribution in [0.3, 0.4) is 0 Å². The number of nitrogen functional groups attached to an aromatic ring is 1. The molecule has 0 saturated heterocycles. The van der Waals surface area contributed by atoms with Gasteiger partial charge in [0.25, 0.3) is 0 Å². The molecule has 3 aromatic carbocycles. The summed E-state index contributed by atoms with van der Waals surface area (Å²) in [6, 6.07) is 19.5. The summed E-state index contributed by atoms with van der Waals surface area (Å²) in [6.45, 7) is 1.74. The minimum Gasteiger partial charge on any atom is -0.493 e. The molecule has 0 aromatic heterocycles. The Kier molecular flexibility index (Phi) is 6.31. The van der Waals surface area contributed by atoms with Crippen molar-refractivity contribution in [2.75, 3.05) is 36.7 Å². The first kappa shape index (κ1) is 21.3. The van der Waals surface area contributed by atoms with E-state index in [1.807, 2.05) is 24.3 Å². The summed E-state index contributed by atoms with van der Waals surface area (Å²) in [5.74, 6) is 1.31. The molecule has 0 spiro atoms. The van der Waals surface area contributed by atoms with Gasteiger partial charge in [-0.2, -0.15) is 0 Å². The molecular weight excluding hydrogens is 402 g/mol. The number of benzene rings is 3. The van der Waals surface area contributed by atoms with Crippen LogP contribution >= 0.6 is 0 Å². The molecule has 0 aliphatic carbocycles. The summed E-state index contributed by atoms with van der Waals surface area (Å²) < 4.78 is 10.9. The van der Waals surface area contributed by atoms with E-state index in [4.69, 9.17) is 15.2 Å². The van der Waals surface area contributed by atoms with Crippen LogP contribution in [0.4, 0.5) is 17.1 Å². The number of hydrogen-bond donors (Lipinski definition) is 2. The first-order valence-corrected chi connectivity index (χ1v) is 10.5. The molecule has 32 heavy (non-hydrogen) atoms. The summed E-state index contributed by atoms with van der Waals surface area (Å²) in [7, 11) is 3.32. The number of anilines is 3. The molecule has 164 valence electrons. The Hall–Kier alpha value is -3.93. The molecule has 0 saturated carbocycles. The quantitative estimate of drug-likeness (QED) is 0.446. The molecule has 0 atom stereocenters. The molecular formula is C26H27N3O3. The molecule has 4 rings (SSSR count). The minimum absolute atomic E-state index is 0.219. The lowest BCUT2D eigenvalue weighted by Crippen LogP contribution is -2.30. The van der Waals surface area contributed by atoms with Gasteiger partial charge in [-0.05, 0) is 65.6 Å². The Morgan fingerprint density at radius 2 is 1.69 bits per heavy atom. The molecule has 6 nitrogen and oxygen atoms in total. The van der Waals surface area contributed by atoms with Crippen molar-refractivity contribution in [1.82, 2.24) is 0 Å². The van der Waals surface area contributed by atoms with Gasteiger partial charge in [0, 0.05) is 24.9 Å². The van der Waals surface area contributed by atoms with E-state index in [9.17, 15) is 4.79 Å². The number of fused-ring (bicyclic) bond motifs is 1. The summed E-state index contributed by atoms with van der Waals surface area (Å²) in [5.41, 5.74) is 11.7. The lowest BCUT2D eigenvalue weighted by molar-refractivity contribution is -0.111. The van der Waals surface area contributed by atoms with E-state index in [1.165, 1.54) is 17.2 Å². The highest BCUT2D eigenvalue weighted by molar-refractivity contribution is 6.03. The summed E-state index contributed by atoms with van der Waals surface area (Å²) >= 11 is 0. The number of nitrogens with zero attached hydrogens (tertiary/aromatic N) is 1. The van der Waals surface area contributed by atoms with E-state index in [1.54, 1.807) is 32.4 Å². The Balaban J connectivity index is 1.41. The third-order valence-electron chi connectivity index (χ3n) is 5.62. The number of nitrogens with one attached hydrogen (secondary N) is 1. The number of rotatable bonds is 6. The Morgan fingerprint density at radius 1 is 1.00 bits per heavy atom. The molecule has 0 unspecified atom stereocenters. The molecule has 1 amide bonds. The SMILES string of the molecule is COc1cc2c(cc1OC)CN(c1ccc(/C=C/C(=O)Nc3ccccc3N)cc1)CC2. The van der Waals surface area contributed by atoms with E-state index < -0.39 is 0 Å². The molecule has 1 heterocycles. The van der Waals surface area contributed by atoms with Gasteiger partial charge in [-0.1, -0.05) is 24.3 Å². The van der Waals surface area contributed by atoms with Crippen molar-refractivity contribution in [3.63, 3.8) is 0 Å². The van der Waals surface area contributed by atoms with Crippen molar-refractivity contribution in [3.8, 4) is 11.5 Å². The van der Waals surface area contributed by atoms with Gasteiger partial charge in [-0.15, -0.1) is 0 Å². The normalized spacial score (nSPS) is 13.0. The molecule has 3 N–H and O–H groups in total. The first-order chi connectivity index (χ1) is 15.6. The maximum atomic E-state index is 12.2. The fraction of sp³-hybridized carbons (Fsp3) is 0.192. The van der Waals surface area contributed by atoms with E-state index in [0.717, 1.165) is 42.3 Å². The van der Waals surface area contributed by atoms with E-state index in [0.29, 0.717) is 11.4 Å². The van der Waals surface area contributed by atoms with Crippen LogP contribution in [-0.2, 0) is 17.8 Å². The maximum absolute atomic E-state index is 12.2. The topological polar surface area (TPSA) is 76.8 Å². The Labute approximate surface area is 188 Å². The number of hydrogen-bond acceptors (Lipinski definition) is 5. The highest BCUT2D eigenvalue weighted by Gasteiger charge is 2.19. The fourth-order valence-corrected chi connectivity index (χ4v) is 3.86. The van der Waals surface area contributed by atoms with E-state index in [-0.39, 0.29) is 5.91 Å². The lowest BCUT2D eigenvalue weighted by atomic mass is 9.98. The van der Waals surface area contributed by atoms with Crippen LogP contribution in [0, 0.1) is 0 Å². The van der Waals surface area contributed by atoms with Gasteiger partial charge in [0.05, 0.1) is 25.6 Å². The zero-order valence-corrected chi connectivity index (χ0v) is 18.3. The Morgan fingerprint density at radius 3 is 2.38 bits per heavy atom. The smallest absolute Gasteiger partial charge is 0.248 e. The van der Waals surface area contributed by atoms with Crippen LogP contribution in [0.1, 0.15) is 16.7 Å². The van der Waals surface area contributed by atoms with Crippen molar-refractivity contribution in [1.29, 1.82) is 0 Å². The predicted octanol–water partition coefficient (Wildman–Crippen LogP) is 4.50. The van der Waals surface area contributed by atoms with Crippen molar-refractivity contribution in [3.05, 3.63) is 83.4 Å². The molecule has 1 aliphatic heterocycles. The van der Waals surface area contributed by atoms with Crippen molar-refractivity contribution in [2.45, 2.75) is 13.0 Å². The van der Waals surface area contributed by atoms with Crippen LogP contribution in [0.5, 0.6) is 11.5 Å². The number of carbonyl (C=O) groups excluding carboxylic acids is 1. The van der Waals surface area contributed by atoms with Gasteiger partial charge in [0.1, 0.15) is 0 Å². The molecule has 0 fully saturated rings. The average molecular weight is 430 g/mol. The second-order valence-electron chi connectivity index (χ2n) is 7.65. The highest BCUT2D eigenvalue weighted by atomic mass is 16.5. The van der Waals surface area contributed by atoms with Crippen LogP contribution in [-0.4, -0.2) is 26.7 Å². The maximum Gasteiger partial charge on any atom is 0.248 e. The van der Waals surface area contributed by atoms with Crippen LogP contribution in [0.25, 0.3) is 6.08 Å². The zero-order chi connectivity index (χ0) is 22.5. The third kappa shape index (κ3) is 4.70. The van der Waals surface area contributed by atoms with Crippen molar-refractivity contribution in [2.24, 2.45) is 0 Å². The number of methoxy groups -OCH3 is 2. The summed E-state index contributed by atoms with van der Waals surface area (Å²) in [4.78, 5) is 14.5. The minimum atomic E-state index is -0.219. The standard InChI is InChI=1S/C26H27N3O3/c1-31-24-15-19-13-14-29(17-20(19)16-25(24)32-2)21-10-7-18(8-11-21)9-12-26(30)28-23-6-4-3-5-22(23)27/h3-12,15-16H,13-14,17,27H2,1-2H3,(H,28,30)/b12-9+. The number of amides is 1. The van der Waals surface area contributed by atoms with Gasteiger partial charge in [-0.25, -0.2) is 0 Å². The summed E-state index contributed by atoms with van der Waals surface area (Å²) in [6.07, 6.45) is 4.25. The summed E-state index contributed by atoms with van der Waals surface area (Å²) in [5, 5.41) is 2.79. The van der Waals surface area contributed by atoms with Crippen molar-refractivity contribution < 1.29 is 14.3 Å². The Bertz CT molecular complexity index is 1140. The van der Waals surface area contributed by atoms with Crippen molar-refractivity contribution >= 4 is 29.0 Å². The number of para-hydroxylation sites is 2. The fourth-order valence-electron chi connectivity index (χ4n) is 3.86. The zero-order valence-electron chi connectivity index (χ0n) is 18.3. The molecule has 0 bridgehead atoms. The first-order valence-electron chi connectivity index (χ1n) is 10.5. The van der Waals surface area contributed by atoms with Gasteiger partial charge in [-0.3, -0.25) is 4.79 Å². The molecule has 6 heteroatoms. The predicted molar refractivity (Wildman–Crippen MR) is 129 cm³/mol. The van der Waals surface area contributed by atoms with E-state index in [2.05, 4.69) is 34.5 Å². The van der Waals surface area contributed by atoms with Gasteiger partial charge < -0.3 is 25.4 Å². The molecule has 1 aliphatic rings. The van der Waals surface area contributed by atoms with Crippen LogP contribution < -0.4 is 25.4 Å². The average Bonchev–Trinajstić information content (AvgIpc) is 2.83. The monoisotopic (exact) mass is 429 g/mol. The van der Waals surface area contributed by atoms with Crippen LogP contribution in [0.2, 0.25) is 0 Å². The number of carbonyl (C=O) groups is 1. The number of ether oxygens (including phenoxy) is 2. The largest absolute Gasteiger partial charge is 0.493 e. The number of nitrogens with two attached hydrogens (primary N) is 1. The third-order valence-corrected chi connectivity index (χ3v) is 5.62. The lowest BCUT2D eigenvalue weighted by Gasteiger charge is -2.31. The van der Waals surface area contributed by atoms with Crippen LogP contribution in [0.15, 0.2) is 66.7 Å². The van der Waals surface area contributed by atoms with Gasteiger partial charge >= 0.3 is 0 Å². The molecule has 3 aromatic rings. The second-order valence-corrected chi connectivity index (χ2v) is 7.65. The highest BCUT2D eigenvalue weighted by Crippen LogP contribution is 2.34.